The van der Waals surface area contributed by atoms with Gasteiger partial charge in [-0.1, -0.05) is 0 Å². The van der Waals surface area contributed by atoms with Gasteiger partial charge in [-0.25, -0.2) is 0 Å². The van der Waals surface area contributed by atoms with Crippen LogP contribution >= 0.6 is 0 Å². The number of aliphatic hydroxyl groups excluding tert-OH is 1. The molecular formula is C15H25N5O9. The summed E-state index contributed by atoms with van der Waals surface area (Å²) < 4.78 is 0. The van der Waals surface area contributed by atoms with Gasteiger partial charge >= 0.3 is 11.9 Å². The fraction of sp³-hybridized carbons (Fsp3) is 0.600. The summed E-state index contributed by atoms with van der Waals surface area (Å²) in [5.41, 5.74) is 5.14. The van der Waals surface area contributed by atoms with Crippen molar-refractivity contribution < 1.29 is 44.1 Å². The van der Waals surface area contributed by atoms with Gasteiger partial charge in [0, 0.05) is 6.42 Å². The average molecular weight is 419 g/mol. The van der Waals surface area contributed by atoms with Crippen LogP contribution in [-0.2, 0) is 28.8 Å². The van der Waals surface area contributed by atoms with Crippen molar-refractivity contribution >= 4 is 35.6 Å². The summed E-state index contributed by atoms with van der Waals surface area (Å²) in [6.45, 7) is -0.727. The highest BCUT2D eigenvalue weighted by molar-refractivity contribution is 5.94. The highest BCUT2D eigenvalue weighted by Gasteiger charge is 2.28. The van der Waals surface area contributed by atoms with Crippen molar-refractivity contribution in [2.75, 3.05) is 19.7 Å². The zero-order valence-electron chi connectivity index (χ0n) is 15.6. The van der Waals surface area contributed by atoms with Crippen LogP contribution in [0.2, 0.25) is 0 Å². The first-order valence-corrected chi connectivity index (χ1v) is 8.44. The molecule has 4 amide bonds. The van der Waals surface area contributed by atoms with Crippen LogP contribution in [0.3, 0.4) is 0 Å². The normalized spacial score (nSPS) is 13.3. The Labute approximate surface area is 165 Å². The molecule has 29 heavy (non-hydrogen) atoms. The highest BCUT2D eigenvalue weighted by Crippen LogP contribution is 2.00. The maximum atomic E-state index is 12.3. The molecule has 0 radical (unpaired) electrons. The number of aliphatic carboxylic acids is 2. The van der Waals surface area contributed by atoms with Crippen molar-refractivity contribution in [1.29, 1.82) is 0 Å². The van der Waals surface area contributed by atoms with E-state index >= 15 is 0 Å². The van der Waals surface area contributed by atoms with Gasteiger partial charge in [-0.2, -0.15) is 0 Å². The zero-order valence-corrected chi connectivity index (χ0v) is 15.6. The quantitative estimate of drug-likeness (QED) is 0.142. The number of carboxylic acids is 2. The smallest absolute Gasteiger partial charge is 0.322 e. The van der Waals surface area contributed by atoms with Gasteiger partial charge in [-0.15, -0.1) is 0 Å². The molecule has 0 saturated carbocycles. The lowest BCUT2D eigenvalue weighted by molar-refractivity contribution is -0.139. The van der Waals surface area contributed by atoms with Crippen molar-refractivity contribution in [3.8, 4) is 0 Å². The molecule has 0 spiro atoms. The average Bonchev–Trinajstić information content (AvgIpc) is 2.66. The van der Waals surface area contributed by atoms with E-state index in [1.165, 1.54) is 6.92 Å². The minimum atomic E-state index is -1.51. The number of nitrogens with one attached hydrogen (secondary N) is 4. The van der Waals surface area contributed by atoms with Crippen molar-refractivity contribution in [2.45, 2.75) is 37.9 Å². The molecule has 14 heteroatoms. The van der Waals surface area contributed by atoms with Crippen LogP contribution in [-0.4, -0.2) is 88.7 Å². The molecule has 0 rings (SSSR count). The van der Waals surface area contributed by atoms with E-state index in [0.29, 0.717) is 0 Å². The lowest BCUT2D eigenvalue weighted by atomic mass is 10.1. The third kappa shape index (κ3) is 10.6. The van der Waals surface area contributed by atoms with E-state index in [1.54, 1.807) is 0 Å². The van der Waals surface area contributed by atoms with Crippen LogP contribution in [0.15, 0.2) is 0 Å². The van der Waals surface area contributed by atoms with Gasteiger partial charge in [0.25, 0.3) is 0 Å². The van der Waals surface area contributed by atoms with Crippen molar-refractivity contribution in [3.63, 3.8) is 0 Å². The van der Waals surface area contributed by atoms with Crippen LogP contribution in [0.5, 0.6) is 0 Å². The van der Waals surface area contributed by atoms with Crippen molar-refractivity contribution in [1.82, 2.24) is 21.3 Å². The zero-order chi connectivity index (χ0) is 22.6. The number of hydrogen-bond acceptors (Lipinski definition) is 8. The lowest BCUT2D eigenvalue weighted by Gasteiger charge is -2.23. The Morgan fingerprint density at radius 3 is 1.93 bits per heavy atom. The van der Waals surface area contributed by atoms with Crippen LogP contribution in [0.25, 0.3) is 0 Å². The molecule has 0 aromatic heterocycles. The second-order valence-electron chi connectivity index (χ2n) is 5.84. The molecule has 0 aliphatic carbocycles. The Morgan fingerprint density at radius 2 is 1.45 bits per heavy atom. The molecule has 3 atom stereocenters. The number of carboxylic acid groups (broad SMARTS) is 2. The molecular weight excluding hydrogens is 394 g/mol. The molecule has 0 aromatic carbocycles. The monoisotopic (exact) mass is 419 g/mol. The fourth-order valence-electron chi connectivity index (χ4n) is 1.95. The Balaban J connectivity index is 4.95. The Morgan fingerprint density at radius 1 is 0.862 bits per heavy atom. The molecule has 0 bridgehead atoms. The number of carbonyl (C=O) groups excluding carboxylic acids is 4. The summed E-state index contributed by atoms with van der Waals surface area (Å²) in [4.78, 5) is 68.6. The first-order valence-electron chi connectivity index (χ1n) is 8.44. The van der Waals surface area contributed by atoms with Gasteiger partial charge in [-0.05, 0) is 13.3 Å². The first-order chi connectivity index (χ1) is 13.5. The molecule has 0 saturated heterocycles. The van der Waals surface area contributed by atoms with E-state index in [4.69, 9.17) is 15.9 Å². The predicted molar refractivity (Wildman–Crippen MR) is 95.1 cm³/mol. The second kappa shape index (κ2) is 13.0. The number of rotatable bonds is 13. The van der Waals surface area contributed by atoms with Gasteiger partial charge < -0.3 is 42.3 Å². The first kappa shape index (κ1) is 25.7. The predicted octanol–water partition coefficient (Wildman–Crippen LogP) is -4.52. The molecule has 0 fully saturated rings. The Hall–Kier alpha value is -3.26. The molecule has 0 aliphatic heterocycles. The Bertz CT molecular complexity index is 640. The van der Waals surface area contributed by atoms with Gasteiger partial charge in [0.15, 0.2) is 0 Å². The maximum absolute atomic E-state index is 12.3. The summed E-state index contributed by atoms with van der Waals surface area (Å²) in [6, 6.07) is -4.01. The summed E-state index contributed by atoms with van der Waals surface area (Å²) in [5.74, 6) is -5.94. The Kier molecular flexibility index (Phi) is 11.5. The molecule has 14 nitrogen and oxygen atoms in total. The van der Waals surface area contributed by atoms with E-state index in [9.17, 15) is 33.9 Å². The van der Waals surface area contributed by atoms with Crippen molar-refractivity contribution in [2.24, 2.45) is 5.73 Å². The third-order valence-corrected chi connectivity index (χ3v) is 3.47. The van der Waals surface area contributed by atoms with Crippen LogP contribution in [0, 0.1) is 0 Å². The second-order valence-corrected chi connectivity index (χ2v) is 5.84. The molecule has 164 valence electrons. The number of nitrogens with two attached hydrogens (primary N) is 1. The fourth-order valence-corrected chi connectivity index (χ4v) is 1.95. The van der Waals surface area contributed by atoms with Crippen LogP contribution < -0.4 is 27.0 Å². The molecule has 0 aliphatic rings. The molecule has 0 aromatic rings. The summed E-state index contributed by atoms with van der Waals surface area (Å²) in [6.07, 6.45) is -0.750. The number of hydrogen-bond donors (Lipinski definition) is 8. The number of amides is 4. The van der Waals surface area contributed by atoms with Gasteiger partial charge in [0.1, 0.15) is 24.7 Å². The molecule has 9 N–H and O–H groups in total. The summed E-state index contributed by atoms with van der Waals surface area (Å²) in [7, 11) is 0. The molecule has 0 unspecified atom stereocenters. The van der Waals surface area contributed by atoms with Crippen LogP contribution in [0.4, 0.5) is 0 Å². The number of aliphatic hydroxyl groups is 1. The standard InChI is InChI=1S/C15H25N5O9/c1-7(13(27)17-5-12(25)26)18-15(29)9(6-21)20-14(28)8(2-3-11(23)24)19-10(22)4-16/h7-9,21H,2-6,16H2,1H3,(H,17,27)(H,18,29)(H,19,22)(H,20,28)(H,23,24)(H,25,26)/t7-,8-,9-/m0/s1. The minimum absolute atomic E-state index is 0.291. The van der Waals surface area contributed by atoms with E-state index in [-0.39, 0.29) is 6.42 Å². The SMILES string of the molecule is C[C@H](NC(=O)[C@H](CO)NC(=O)[C@H](CCC(=O)O)NC(=O)CN)C(=O)NCC(=O)O. The summed E-state index contributed by atoms with van der Waals surface area (Å²) >= 11 is 0. The van der Waals surface area contributed by atoms with E-state index in [0.717, 1.165) is 0 Å². The number of carbonyl (C=O) groups is 6. The largest absolute Gasteiger partial charge is 0.481 e. The van der Waals surface area contributed by atoms with Gasteiger partial charge in [0.05, 0.1) is 13.2 Å². The lowest BCUT2D eigenvalue weighted by Crippen LogP contribution is -2.57. The van der Waals surface area contributed by atoms with E-state index < -0.39 is 79.8 Å². The van der Waals surface area contributed by atoms with Crippen LogP contribution in [0.1, 0.15) is 19.8 Å². The van der Waals surface area contributed by atoms with Gasteiger partial charge in [-0.3, -0.25) is 28.8 Å². The van der Waals surface area contributed by atoms with Gasteiger partial charge in [0.2, 0.25) is 23.6 Å². The summed E-state index contributed by atoms with van der Waals surface area (Å²) in [5, 5.41) is 35.1. The van der Waals surface area contributed by atoms with E-state index in [1.807, 2.05) is 5.32 Å². The highest BCUT2D eigenvalue weighted by atomic mass is 16.4. The van der Waals surface area contributed by atoms with E-state index in [2.05, 4.69) is 16.0 Å². The van der Waals surface area contributed by atoms with Crippen molar-refractivity contribution in [3.05, 3.63) is 0 Å². The topological polar surface area (TPSA) is 237 Å². The third-order valence-electron chi connectivity index (χ3n) is 3.47. The molecule has 0 heterocycles. The minimum Gasteiger partial charge on any atom is -0.481 e. The maximum Gasteiger partial charge on any atom is 0.322 e.